The fraction of sp³-hybridized carbons (Fsp3) is 0.143. The van der Waals surface area contributed by atoms with E-state index in [1.54, 1.807) is 31.2 Å². The van der Waals surface area contributed by atoms with Crippen LogP contribution in [0, 0.1) is 5.92 Å². The molecule has 1 aromatic heterocycles. The average Bonchev–Trinajstić information content (AvgIpc) is 2.86. The lowest BCUT2D eigenvalue weighted by molar-refractivity contribution is -0.118. The van der Waals surface area contributed by atoms with Gasteiger partial charge in [-0.1, -0.05) is 67.4 Å². The van der Waals surface area contributed by atoms with Crippen LogP contribution in [0.25, 0.3) is 22.2 Å². The van der Waals surface area contributed by atoms with Gasteiger partial charge in [-0.15, -0.1) is 0 Å². The van der Waals surface area contributed by atoms with Gasteiger partial charge in [-0.25, -0.2) is 10.4 Å². The SMILES string of the molecule is C/C(=N\NC(=O)c1cc(-c2ccc(Cl)cc2Cl)nc2ccccc12)c1cccc(NC(=O)C(C)C)c1. The van der Waals surface area contributed by atoms with Gasteiger partial charge in [-0.2, -0.15) is 5.10 Å². The number of nitrogens with one attached hydrogen (secondary N) is 2. The topological polar surface area (TPSA) is 83.4 Å². The monoisotopic (exact) mass is 518 g/mol. The van der Waals surface area contributed by atoms with Gasteiger partial charge in [0.2, 0.25) is 5.91 Å². The molecule has 3 aromatic carbocycles. The molecule has 4 rings (SSSR count). The van der Waals surface area contributed by atoms with Crippen molar-refractivity contribution in [3.05, 3.63) is 94.0 Å². The number of anilines is 1. The number of hydrazone groups is 1. The van der Waals surface area contributed by atoms with Crippen molar-refractivity contribution in [1.82, 2.24) is 10.4 Å². The molecule has 0 bridgehead atoms. The second-order valence-electron chi connectivity index (χ2n) is 8.56. The van der Waals surface area contributed by atoms with Crippen LogP contribution in [0.15, 0.2) is 77.9 Å². The van der Waals surface area contributed by atoms with Crippen LogP contribution < -0.4 is 10.7 Å². The lowest BCUT2D eigenvalue weighted by Crippen LogP contribution is -2.20. The van der Waals surface area contributed by atoms with E-state index in [0.29, 0.717) is 49.2 Å². The largest absolute Gasteiger partial charge is 0.326 e. The third kappa shape index (κ3) is 5.73. The Balaban J connectivity index is 1.64. The summed E-state index contributed by atoms with van der Waals surface area (Å²) in [5, 5.41) is 8.82. The number of nitrogens with zero attached hydrogens (tertiary/aromatic N) is 2. The Bertz CT molecular complexity index is 1500. The lowest BCUT2D eigenvalue weighted by atomic mass is 10.0. The minimum Gasteiger partial charge on any atom is -0.326 e. The molecule has 0 fully saturated rings. The number of benzene rings is 3. The molecule has 0 aliphatic heterocycles. The predicted molar refractivity (Wildman–Crippen MR) is 147 cm³/mol. The first-order chi connectivity index (χ1) is 17.2. The van der Waals surface area contributed by atoms with Gasteiger partial charge >= 0.3 is 0 Å². The molecular formula is C28H24Cl2N4O2. The number of hydrogen-bond donors (Lipinski definition) is 2. The van der Waals surface area contributed by atoms with E-state index in [9.17, 15) is 9.59 Å². The molecule has 8 heteroatoms. The molecule has 0 atom stereocenters. The smallest absolute Gasteiger partial charge is 0.272 e. The molecular weight excluding hydrogens is 495 g/mol. The predicted octanol–water partition coefficient (Wildman–Crippen LogP) is 6.96. The summed E-state index contributed by atoms with van der Waals surface area (Å²) in [6.07, 6.45) is 0. The van der Waals surface area contributed by atoms with Gasteiger partial charge < -0.3 is 5.32 Å². The molecule has 2 amide bonds. The summed E-state index contributed by atoms with van der Waals surface area (Å²) < 4.78 is 0. The van der Waals surface area contributed by atoms with Crippen molar-refractivity contribution in [3.63, 3.8) is 0 Å². The fourth-order valence-electron chi connectivity index (χ4n) is 3.57. The number of amides is 2. The number of para-hydroxylation sites is 1. The number of pyridine rings is 1. The van der Waals surface area contributed by atoms with Gasteiger partial charge in [0.15, 0.2) is 0 Å². The van der Waals surface area contributed by atoms with Crippen LogP contribution in [0.3, 0.4) is 0 Å². The zero-order valence-corrected chi connectivity index (χ0v) is 21.5. The minimum atomic E-state index is -0.386. The van der Waals surface area contributed by atoms with E-state index < -0.39 is 0 Å². The van der Waals surface area contributed by atoms with Crippen molar-refractivity contribution >= 4 is 57.3 Å². The summed E-state index contributed by atoms with van der Waals surface area (Å²) in [7, 11) is 0. The van der Waals surface area contributed by atoms with Gasteiger partial charge in [-0.05, 0) is 55.0 Å². The average molecular weight is 519 g/mol. The standard InChI is InChI=1S/C28H24Cl2N4O2/c1-16(2)27(35)31-20-8-6-7-18(13-20)17(3)33-34-28(36)23-15-26(22-12-11-19(29)14-24(22)30)32-25-10-5-4-9-21(23)25/h4-16H,1-3H3,(H,31,35)(H,34,36)/b33-17+. The highest BCUT2D eigenvalue weighted by Gasteiger charge is 2.16. The highest BCUT2D eigenvalue weighted by atomic mass is 35.5. The van der Waals surface area contributed by atoms with Crippen LogP contribution in [0.5, 0.6) is 0 Å². The maximum Gasteiger partial charge on any atom is 0.272 e. The van der Waals surface area contributed by atoms with Crippen molar-refractivity contribution in [2.45, 2.75) is 20.8 Å². The van der Waals surface area contributed by atoms with E-state index in [0.717, 1.165) is 5.56 Å². The van der Waals surface area contributed by atoms with Gasteiger partial charge in [0.1, 0.15) is 0 Å². The van der Waals surface area contributed by atoms with E-state index in [-0.39, 0.29) is 17.7 Å². The molecule has 182 valence electrons. The molecule has 0 unspecified atom stereocenters. The zero-order chi connectivity index (χ0) is 25.8. The number of aromatic nitrogens is 1. The first-order valence-electron chi connectivity index (χ1n) is 11.3. The Hall–Kier alpha value is -3.74. The third-order valence-corrected chi connectivity index (χ3v) is 6.11. The quantitative estimate of drug-likeness (QED) is 0.213. The van der Waals surface area contributed by atoms with E-state index >= 15 is 0 Å². The second-order valence-corrected chi connectivity index (χ2v) is 9.40. The number of carbonyl (C=O) groups excluding carboxylic acids is 2. The molecule has 0 aliphatic rings. The van der Waals surface area contributed by atoms with Crippen LogP contribution in [-0.2, 0) is 4.79 Å². The summed E-state index contributed by atoms with van der Waals surface area (Å²) in [6.45, 7) is 5.44. The van der Waals surface area contributed by atoms with Crippen LogP contribution in [-0.4, -0.2) is 22.5 Å². The molecule has 36 heavy (non-hydrogen) atoms. The maximum absolute atomic E-state index is 13.2. The molecule has 0 aliphatic carbocycles. The number of hydrogen-bond acceptors (Lipinski definition) is 4. The van der Waals surface area contributed by atoms with Crippen LogP contribution in [0.2, 0.25) is 10.0 Å². The number of carbonyl (C=O) groups is 2. The number of fused-ring (bicyclic) bond motifs is 1. The molecule has 2 N–H and O–H groups in total. The summed E-state index contributed by atoms with van der Waals surface area (Å²) in [4.78, 5) is 30.0. The minimum absolute atomic E-state index is 0.0730. The van der Waals surface area contributed by atoms with Crippen molar-refractivity contribution in [2.75, 3.05) is 5.32 Å². The Labute approximate surface area is 219 Å². The van der Waals surface area contributed by atoms with Crippen molar-refractivity contribution in [3.8, 4) is 11.3 Å². The van der Waals surface area contributed by atoms with E-state index in [1.807, 2.05) is 62.4 Å². The third-order valence-electron chi connectivity index (χ3n) is 5.57. The van der Waals surface area contributed by atoms with E-state index in [4.69, 9.17) is 23.2 Å². The summed E-state index contributed by atoms with van der Waals surface area (Å²) in [5.74, 6) is -0.592. The van der Waals surface area contributed by atoms with Gasteiger partial charge in [0.25, 0.3) is 5.91 Å². The van der Waals surface area contributed by atoms with Crippen LogP contribution >= 0.6 is 23.2 Å². The van der Waals surface area contributed by atoms with Crippen LogP contribution in [0.4, 0.5) is 5.69 Å². The molecule has 0 saturated heterocycles. The molecule has 0 saturated carbocycles. The fourth-order valence-corrected chi connectivity index (χ4v) is 4.07. The van der Waals surface area contributed by atoms with Gasteiger partial charge in [0.05, 0.1) is 27.5 Å². The summed E-state index contributed by atoms with van der Waals surface area (Å²) in [6, 6.07) is 21.5. The van der Waals surface area contributed by atoms with Crippen molar-refractivity contribution in [1.29, 1.82) is 0 Å². The van der Waals surface area contributed by atoms with Crippen LogP contribution in [0.1, 0.15) is 36.7 Å². The first kappa shape index (κ1) is 25.4. The highest BCUT2D eigenvalue weighted by molar-refractivity contribution is 6.36. The molecule has 0 spiro atoms. The number of halogens is 2. The lowest BCUT2D eigenvalue weighted by Gasteiger charge is -2.11. The van der Waals surface area contributed by atoms with Crippen molar-refractivity contribution in [2.24, 2.45) is 11.0 Å². The van der Waals surface area contributed by atoms with Gasteiger partial charge in [0, 0.05) is 27.6 Å². The normalized spacial score (nSPS) is 11.6. The Kier molecular flexibility index (Phi) is 7.67. The highest BCUT2D eigenvalue weighted by Crippen LogP contribution is 2.31. The molecule has 6 nitrogen and oxygen atoms in total. The number of rotatable bonds is 6. The zero-order valence-electron chi connectivity index (χ0n) is 20.0. The van der Waals surface area contributed by atoms with E-state index in [2.05, 4.69) is 20.8 Å². The molecule has 4 aromatic rings. The Morgan fingerprint density at radius 1 is 0.944 bits per heavy atom. The maximum atomic E-state index is 13.2. The van der Waals surface area contributed by atoms with Crippen molar-refractivity contribution < 1.29 is 9.59 Å². The van der Waals surface area contributed by atoms with Gasteiger partial charge in [-0.3, -0.25) is 9.59 Å². The molecule has 1 heterocycles. The Morgan fingerprint density at radius 2 is 1.72 bits per heavy atom. The Morgan fingerprint density at radius 3 is 2.47 bits per heavy atom. The molecule has 0 radical (unpaired) electrons. The first-order valence-corrected chi connectivity index (χ1v) is 12.1. The second kappa shape index (κ2) is 10.9. The summed E-state index contributed by atoms with van der Waals surface area (Å²) in [5.41, 5.74) is 6.95. The van der Waals surface area contributed by atoms with E-state index in [1.165, 1.54) is 0 Å². The summed E-state index contributed by atoms with van der Waals surface area (Å²) >= 11 is 12.5.